The van der Waals surface area contributed by atoms with Crippen LogP contribution >= 0.6 is 0 Å². The Balaban J connectivity index is 2.26. The van der Waals surface area contributed by atoms with Gasteiger partial charge in [0.2, 0.25) is 0 Å². The van der Waals surface area contributed by atoms with Crippen molar-refractivity contribution in [2.45, 2.75) is 26.3 Å². The Morgan fingerprint density at radius 3 is 2.70 bits per heavy atom. The largest absolute Gasteiger partial charge is 0.364 e. The molecule has 1 saturated heterocycles. The molecule has 1 fully saturated rings. The first-order chi connectivity index (χ1) is 4.70. The minimum Gasteiger partial charge on any atom is -0.364 e. The zero-order valence-corrected chi connectivity index (χ0v) is 7.13. The second-order valence-electron chi connectivity index (χ2n) is 3.54. The Labute approximate surface area is 63.2 Å². The molecule has 0 aromatic rings. The van der Waals surface area contributed by atoms with Crippen molar-refractivity contribution in [1.82, 2.24) is 4.90 Å². The highest BCUT2D eigenvalue weighted by Gasteiger charge is 2.21. The predicted molar refractivity (Wildman–Crippen MR) is 41.8 cm³/mol. The Bertz CT molecular complexity index is 103. The Morgan fingerprint density at radius 2 is 2.30 bits per heavy atom. The molecule has 2 nitrogen and oxygen atoms in total. The smallest absolute Gasteiger partial charge is 0.0991 e. The summed E-state index contributed by atoms with van der Waals surface area (Å²) in [6.45, 7) is 6.25. The van der Waals surface area contributed by atoms with E-state index in [-0.39, 0.29) is 0 Å². The van der Waals surface area contributed by atoms with Crippen LogP contribution in [0.1, 0.15) is 20.3 Å². The van der Waals surface area contributed by atoms with E-state index in [4.69, 9.17) is 4.74 Å². The molecule has 0 aliphatic carbocycles. The number of ether oxygens (including phenoxy) is 1. The monoisotopic (exact) mass is 143 g/mol. The molecule has 1 unspecified atom stereocenters. The highest BCUT2D eigenvalue weighted by molar-refractivity contribution is 4.72. The first-order valence-corrected chi connectivity index (χ1v) is 3.98. The van der Waals surface area contributed by atoms with E-state index in [0.29, 0.717) is 6.04 Å². The van der Waals surface area contributed by atoms with Crippen LogP contribution in [0.5, 0.6) is 0 Å². The minimum atomic E-state index is 0.667. The van der Waals surface area contributed by atoms with E-state index in [2.05, 4.69) is 25.8 Å². The Morgan fingerprint density at radius 1 is 1.60 bits per heavy atom. The molecule has 0 aromatic heterocycles. The van der Waals surface area contributed by atoms with Gasteiger partial charge in [0.25, 0.3) is 0 Å². The molecular weight excluding hydrogens is 126 g/mol. The summed E-state index contributed by atoms with van der Waals surface area (Å²) in [4.78, 5) is 2.28. The van der Waals surface area contributed by atoms with Gasteiger partial charge in [0.05, 0.1) is 13.3 Å². The van der Waals surface area contributed by atoms with Gasteiger partial charge in [-0.25, -0.2) is 0 Å². The zero-order valence-electron chi connectivity index (χ0n) is 7.13. The van der Waals surface area contributed by atoms with Crippen molar-refractivity contribution in [2.75, 3.05) is 20.4 Å². The molecule has 2 heteroatoms. The van der Waals surface area contributed by atoms with Crippen molar-refractivity contribution in [3.63, 3.8) is 0 Å². The second-order valence-corrected chi connectivity index (χ2v) is 3.54. The summed E-state index contributed by atoms with van der Waals surface area (Å²) in [6, 6.07) is 0.667. The highest BCUT2D eigenvalue weighted by Crippen LogP contribution is 2.14. The van der Waals surface area contributed by atoms with Crippen LogP contribution in [0.15, 0.2) is 0 Å². The van der Waals surface area contributed by atoms with Gasteiger partial charge in [0, 0.05) is 6.04 Å². The Kier molecular flexibility index (Phi) is 2.69. The van der Waals surface area contributed by atoms with Gasteiger partial charge in [-0.3, -0.25) is 4.90 Å². The molecular formula is C8H17NO. The molecule has 1 aliphatic heterocycles. The molecule has 60 valence electrons. The summed E-state index contributed by atoms with van der Waals surface area (Å²) in [5, 5.41) is 0. The number of hydrogen-bond donors (Lipinski definition) is 0. The number of nitrogens with zero attached hydrogens (tertiary/aromatic N) is 1. The van der Waals surface area contributed by atoms with Crippen LogP contribution in [-0.2, 0) is 4.74 Å². The lowest BCUT2D eigenvalue weighted by molar-refractivity contribution is 0.153. The molecule has 0 aromatic carbocycles. The van der Waals surface area contributed by atoms with E-state index in [1.165, 1.54) is 6.42 Å². The van der Waals surface area contributed by atoms with E-state index < -0.39 is 0 Å². The fraction of sp³-hybridized carbons (Fsp3) is 1.00. The van der Waals surface area contributed by atoms with Crippen molar-refractivity contribution in [2.24, 2.45) is 5.92 Å². The zero-order chi connectivity index (χ0) is 7.56. The van der Waals surface area contributed by atoms with E-state index in [1.807, 2.05) is 0 Å². The van der Waals surface area contributed by atoms with Crippen LogP contribution in [0.2, 0.25) is 0 Å². The fourth-order valence-corrected chi connectivity index (χ4v) is 1.36. The van der Waals surface area contributed by atoms with E-state index in [1.54, 1.807) is 0 Å². The maximum Gasteiger partial charge on any atom is 0.0991 e. The third-order valence-electron chi connectivity index (χ3n) is 1.97. The number of rotatable bonds is 2. The molecule has 0 saturated carbocycles. The van der Waals surface area contributed by atoms with Crippen LogP contribution in [0, 0.1) is 5.92 Å². The maximum atomic E-state index is 5.30. The molecule has 0 N–H and O–H groups in total. The van der Waals surface area contributed by atoms with E-state index in [0.717, 1.165) is 19.3 Å². The van der Waals surface area contributed by atoms with Crippen molar-refractivity contribution in [1.29, 1.82) is 0 Å². The molecule has 10 heavy (non-hydrogen) atoms. The Hall–Kier alpha value is -0.0800. The molecule has 1 atom stereocenters. The third kappa shape index (κ3) is 1.96. The van der Waals surface area contributed by atoms with Crippen molar-refractivity contribution >= 4 is 0 Å². The summed E-state index contributed by atoms with van der Waals surface area (Å²) in [6.07, 6.45) is 1.26. The molecule has 0 amide bonds. The van der Waals surface area contributed by atoms with Gasteiger partial charge in [0.1, 0.15) is 0 Å². The van der Waals surface area contributed by atoms with Gasteiger partial charge in [-0.15, -0.1) is 0 Å². The van der Waals surface area contributed by atoms with Gasteiger partial charge in [0.15, 0.2) is 0 Å². The molecule has 0 bridgehead atoms. The summed E-state index contributed by atoms with van der Waals surface area (Å²) >= 11 is 0. The lowest BCUT2D eigenvalue weighted by Crippen LogP contribution is -2.27. The number of hydrogen-bond acceptors (Lipinski definition) is 2. The minimum absolute atomic E-state index is 0.667. The quantitative estimate of drug-likeness (QED) is 0.578. The highest BCUT2D eigenvalue weighted by atomic mass is 16.5. The first-order valence-electron chi connectivity index (χ1n) is 3.98. The lowest BCUT2D eigenvalue weighted by Gasteiger charge is -2.18. The van der Waals surface area contributed by atoms with Gasteiger partial charge in [-0.2, -0.15) is 0 Å². The lowest BCUT2D eigenvalue weighted by atomic mass is 10.0. The predicted octanol–water partition coefficient (Wildman–Crippen LogP) is 1.32. The SMILES string of the molecule is CC(C)CC1COCN1C. The van der Waals surface area contributed by atoms with Crippen molar-refractivity contribution in [3.05, 3.63) is 0 Å². The van der Waals surface area contributed by atoms with E-state index in [9.17, 15) is 0 Å². The average Bonchev–Trinajstić information content (AvgIpc) is 2.15. The average molecular weight is 143 g/mol. The molecule has 0 radical (unpaired) electrons. The van der Waals surface area contributed by atoms with Crippen LogP contribution in [-0.4, -0.2) is 31.3 Å². The van der Waals surface area contributed by atoms with E-state index >= 15 is 0 Å². The first kappa shape index (κ1) is 8.02. The van der Waals surface area contributed by atoms with Gasteiger partial charge in [-0.05, 0) is 19.4 Å². The van der Waals surface area contributed by atoms with Gasteiger partial charge >= 0.3 is 0 Å². The third-order valence-corrected chi connectivity index (χ3v) is 1.97. The van der Waals surface area contributed by atoms with Crippen molar-refractivity contribution < 1.29 is 4.74 Å². The van der Waals surface area contributed by atoms with Crippen LogP contribution in [0.3, 0.4) is 0 Å². The summed E-state index contributed by atoms with van der Waals surface area (Å²) < 4.78 is 5.30. The van der Waals surface area contributed by atoms with Crippen molar-refractivity contribution in [3.8, 4) is 0 Å². The normalized spacial score (nSPS) is 28.2. The summed E-state index contributed by atoms with van der Waals surface area (Å²) in [7, 11) is 2.13. The molecule has 1 aliphatic rings. The second kappa shape index (κ2) is 3.35. The number of likely N-dealkylation sites (N-methyl/N-ethyl adjacent to an activating group) is 1. The van der Waals surface area contributed by atoms with Crippen LogP contribution in [0.4, 0.5) is 0 Å². The fourth-order valence-electron chi connectivity index (χ4n) is 1.36. The van der Waals surface area contributed by atoms with Crippen LogP contribution in [0.25, 0.3) is 0 Å². The molecule has 1 heterocycles. The summed E-state index contributed by atoms with van der Waals surface area (Å²) in [5.41, 5.74) is 0. The van der Waals surface area contributed by atoms with Crippen LogP contribution < -0.4 is 0 Å². The summed E-state index contributed by atoms with van der Waals surface area (Å²) in [5.74, 6) is 0.786. The standard InChI is InChI=1S/C8H17NO/c1-7(2)4-8-5-10-6-9(8)3/h7-8H,4-6H2,1-3H3. The topological polar surface area (TPSA) is 12.5 Å². The maximum absolute atomic E-state index is 5.30. The van der Waals surface area contributed by atoms with Gasteiger partial charge in [-0.1, -0.05) is 13.8 Å². The molecule has 0 spiro atoms. The van der Waals surface area contributed by atoms with Gasteiger partial charge < -0.3 is 4.74 Å². The molecule has 1 rings (SSSR count).